The van der Waals surface area contributed by atoms with Gasteiger partial charge in [-0.25, -0.2) is 9.37 Å². The Balaban J connectivity index is 2.73. The molecular formula is C12H12FIN2O. The number of anilines is 1. The molecule has 0 unspecified atom stereocenters. The van der Waals surface area contributed by atoms with Gasteiger partial charge in [-0.15, -0.1) is 0 Å². The van der Waals surface area contributed by atoms with Gasteiger partial charge in [0, 0.05) is 28.8 Å². The second-order valence-corrected chi connectivity index (χ2v) is 4.79. The zero-order chi connectivity index (χ0) is 12.4. The molecule has 90 valence electrons. The first-order valence-electron chi connectivity index (χ1n) is 5.11. The van der Waals surface area contributed by atoms with E-state index in [1.807, 2.05) is 13.1 Å². The lowest BCUT2D eigenvalue weighted by atomic mass is 10.1. The molecule has 0 radical (unpaired) electrons. The third kappa shape index (κ3) is 2.50. The van der Waals surface area contributed by atoms with Gasteiger partial charge < -0.3 is 10.1 Å². The van der Waals surface area contributed by atoms with E-state index in [0.29, 0.717) is 6.61 Å². The number of nitrogens with zero attached hydrogens (tertiary/aromatic N) is 1. The van der Waals surface area contributed by atoms with Gasteiger partial charge in [-0.3, -0.25) is 0 Å². The third-order valence-corrected chi connectivity index (χ3v) is 3.27. The summed E-state index contributed by atoms with van der Waals surface area (Å²) < 4.78 is 19.2. The van der Waals surface area contributed by atoms with Gasteiger partial charge in [-0.1, -0.05) is 0 Å². The van der Waals surface area contributed by atoms with Crippen molar-refractivity contribution in [2.24, 2.45) is 0 Å². The molecule has 0 aliphatic heterocycles. The van der Waals surface area contributed by atoms with Gasteiger partial charge >= 0.3 is 0 Å². The SMILES string of the molecule is CNc1cc(COC)nc2c(I)cc(F)cc12. The van der Waals surface area contributed by atoms with E-state index in [-0.39, 0.29) is 5.82 Å². The zero-order valence-electron chi connectivity index (χ0n) is 9.55. The molecule has 2 rings (SSSR count). The van der Waals surface area contributed by atoms with Crippen molar-refractivity contribution < 1.29 is 9.13 Å². The van der Waals surface area contributed by atoms with Crippen LogP contribution in [0.2, 0.25) is 0 Å². The molecule has 0 spiro atoms. The molecule has 0 fully saturated rings. The van der Waals surface area contributed by atoms with Gasteiger partial charge in [0.1, 0.15) is 5.82 Å². The number of methoxy groups -OCH3 is 1. The van der Waals surface area contributed by atoms with Crippen LogP contribution in [0.4, 0.5) is 10.1 Å². The summed E-state index contributed by atoms with van der Waals surface area (Å²) in [7, 11) is 3.43. The van der Waals surface area contributed by atoms with E-state index in [2.05, 4.69) is 32.9 Å². The predicted molar refractivity (Wildman–Crippen MR) is 74.7 cm³/mol. The molecule has 0 aliphatic carbocycles. The highest BCUT2D eigenvalue weighted by Gasteiger charge is 2.09. The van der Waals surface area contributed by atoms with Gasteiger partial charge in [0.25, 0.3) is 0 Å². The number of aromatic nitrogens is 1. The molecule has 5 heteroatoms. The third-order valence-electron chi connectivity index (χ3n) is 2.45. The number of benzene rings is 1. The van der Waals surface area contributed by atoms with Crippen LogP contribution in [0.5, 0.6) is 0 Å². The fraction of sp³-hybridized carbons (Fsp3) is 0.250. The average Bonchev–Trinajstić information content (AvgIpc) is 2.29. The summed E-state index contributed by atoms with van der Waals surface area (Å²) in [6.07, 6.45) is 0. The van der Waals surface area contributed by atoms with Gasteiger partial charge in [0.2, 0.25) is 0 Å². The van der Waals surface area contributed by atoms with Crippen LogP contribution in [-0.4, -0.2) is 19.1 Å². The van der Waals surface area contributed by atoms with Crippen LogP contribution in [0.25, 0.3) is 10.9 Å². The average molecular weight is 346 g/mol. The summed E-state index contributed by atoms with van der Waals surface area (Å²) in [5, 5.41) is 3.85. The smallest absolute Gasteiger partial charge is 0.125 e. The van der Waals surface area contributed by atoms with Crippen molar-refractivity contribution in [1.82, 2.24) is 4.98 Å². The van der Waals surface area contributed by atoms with Crippen LogP contribution in [0.3, 0.4) is 0 Å². The molecule has 1 aromatic carbocycles. The molecule has 1 aromatic heterocycles. The fourth-order valence-electron chi connectivity index (χ4n) is 1.73. The normalized spacial score (nSPS) is 10.8. The molecule has 0 saturated carbocycles. The van der Waals surface area contributed by atoms with E-state index in [1.165, 1.54) is 12.1 Å². The second-order valence-electron chi connectivity index (χ2n) is 3.63. The van der Waals surface area contributed by atoms with Gasteiger partial charge in [-0.2, -0.15) is 0 Å². The molecule has 0 bridgehead atoms. The van der Waals surface area contributed by atoms with E-state index < -0.39 is 0 Å². The first-order chi connectivity index (χ1) is 8.15. The number of fused-ring (bicyclic) bond motifs is 1. The van der Waals surface area contributed by atoms with Gasteiger partial charge in [0.05, 0.1) is 17.8 Å². The fourth-order valence-corrected chi connectivity index (χ4v) is 2.44. The minimum Gasteiger partial charge on any atom is -0.388 e. The van der Waals surface area contributed by atoms with Crippen LogP contribution >= 0.6 is 22.6 Å². The summed E-state index contributed by atoms with van der Waals surface area (Å²) in [6.45, 7) is 0.443. The standard InChI is InChI=1S/C12H12FIN2O/c1-15-11-5-8(6-17-2)16-12-9(11)3-7(13)4-10(12)14/h3-5H,6H2,1-2H3,(H,15,16). The Labute approximate surface area is 113 Å². The maximum atomic E-state index is 13.4. The van der Waals surface area contributed by atoms with Crippen LogP contribution in [0, 0.1) is 9.39 Å². The van der Waals surface area contributed by atoms with Gasteiger partial charge in [-0.05, 0) is 40.8 Å². The van der Waals surface area contributed by atoms with Crippen LogP contribution < -0.4 is 5.32 Å². The van der Waals surface area contributed by atoms with E-state index in [9.17, 15) is 4.39 Å². The van der Waals surface area contributed by atoms with Crippen molar-refractivity contribution in [2.45, 2.75) is 6.61 Å². The van der Waals surface area contributed by atoms with Crippen molar-refractivity contribution in [1.29, 1.82) is 0 Å². The highest BCUT2D eigenvalue weighted by atomic mass is 127. The minimum atomic E-state index is -0.250. The van der Waals surface area contributed by atoms with E-state index >= 15 is 0 Å². The summed E-state index contributed by atoms with van der Waals surface area (Å²) in [5.74, 6) is -0.250. The lowest BCUT2D eigenvalue weighted by Crippen LogP contribution is -1.99. The molecular weight excluding hydrogens is 334 g/mol. The highest BCUT2D eigenvalue weighted by molar-refractivity contribution is 14.1. The van der Waals surface area contributed by atoms with Crippen molar-refractivity contribution in [3.05, 3.63) is 33.3 Å². The molecule has 0 amide bonds. The molecule has 0 atom stereocenters. The summed E-state index contributed by atoms with van der Waals surface area (Å²) in [6, 6.07) is 4.85. The quantitative estimate of drug-likeness (QED) is 0.867. The van der Waals surface area contributed by atoms with Crippen molar-refractivity contribution in [2.75, 3.05) is 19.5 Å². The van der Waals surface area contributed by atoms with Crippen LogP contribution in [0.15, 0.2) is 18.2 Å². The molecule has 2 aromatic rings. The molecule has 3 nitrogen and oxygen atoms in total. The number of halogens is 2. The Morgan fingerprint density at radius 2 is 2.18 bits per heavy atom. The van der Waals surface area contributed by atoms with E-state index in [0.717, 1.165) is 25.9 Å². The number of pyridine rings is 1. The second kappa shape index (κ2) is 5.14. The monoisotopic (exact) mass is 346 g/mol. The molecule has 0 saturated heterocycles. The van der Waals surface area contributed by atoms with Gasteiger partial charge in [0.15, 0.2) is 0 Å². The number of hydrogen-bond acceptors (Lipinski definition) is 3. The predicted octanol–water partition coefficient (Wildman–Crippen LogP) is 3.17. The summed E-state index contributed by atoms with van der Waals surface area (Å²) >= 11 is 2.09. The Morgan fingerprint density at radius 3 is 2.82 bits per heavy atom. The lowest BCUT2D eigenvalue weighted by molar-refractivity contribution is 0.182. The number of ether oxygens (including phenoxy) is 1. The zero-order valence-corrected chi connectivity index (χ0v) is 11.7. The Morgan fingerprint density at radius 1 is 1.41 bits per heavy atom. The molecule has 1 N–H and O–H groups in total. The molecule has 0 aliphatic rings. The van der Waals surface area contributed by atoms with Crippen LogP contribution in [0.1, 0.15) is 5.69 Å². The Kier molecular flexibility index (Phi) is 3.78. The topological polar surface area (TPSA) is 34.1 Å². The summed E-state index contributed by atoms with van der Waals surface area (Å²) in [4.78, 5) is 4.48. The first kappa shape index (κ1) is 12.5. The minimum absolute atomic E-state index is 0.250. The Hall–Kier alpha value is -0.950. The number of nitrogens with one attached hydrogen (secondary N) is 1. The van der Waals surface area contributed by atoms with E-state index in [1.54, 1.807) is 7.11 Å². The maximum Gasteiger partial charge on any atom is 0.125 e. The molecule has 1 heterocycles. The number of rotatable bonds is 3. The maximum absolute atomic E-state index is 13.4. The largest absolute Gasteiger partial charge is 0.388 e. The highest BCUT2D eigenvalue weighted by Crippen LogP contribution is 2.27. The Bertz CT molecular complexity index is 560. The summed E-state index contributed by atoms with van der Waals surface area (Å²) in [5.41, 5.74) is 2.49. The van der Waals surface area contributed by atoms with Crippen molar-refractivity contribution >= 4 is 39.2 Å². The lowest BCUT2D eigenvalue weighted by Gasteiger charge is -2.10. The van der Waals surface area contributed by atoms with Crippen LogP contribution in [-0.2, 0) is 11.3 Å². The van der Waals surface area contributed by atoms with Crippen molar-refractivity contribution in [3.8, 4) is 0 Å². The molecule has 17 heavy (non-hydrogen) atoms. The first-order valence-corrected chi connectivity index (χ1v) is 6.19. The number of hydrogen-bond donors (Lipinski definition) is 1. The van der Waals surface area contributed by atoms with Crippen molar-refractivity contribution in [3.63, 3.8) is 0 Å². The van der Waals surface area contributed by atoms with E-state index in [4.69, 9.17) is 4.74 Å².